The molecule has 2 rings (SSSR count). The molecule has 0 saturated heterocycles. The summed E-state index contributed by atoms with van der Waals surface area (Å²) in [5.41, 5.74) is 3.07. The fourth-order valence-corrected chi connectivity index (χ4v) is 2.83. The Morgan fingerprint density at radius 3 is 2.48 bits per heavy atom. The van der Waals surface area contributed by atoms with E-state index in [0.717, 1.165) is 16.8 Å². The van der Waals surface area contributed by atoms with Crippen LogP contribution in [0.5, 0.6) is 0 Å². The molecule has 5 nitrogen and oxygen atoms in total. The molecule has 0 aliphatic heterocycles. The molecular weight excluding hydrogens is 413 g/mol. The van der Waals surface area contributed by atoms with Crippen LogP contribution in [-0.4, -0.2) is 36.9 Å². The first-order valence-corrected chi connectivity index (χ1v) is 9.35. The third-order valence-electron chi connectivity index (χ3n) is 4.22. The van der Waals surface area contributed by atoms with Crippen molar-refractivity contribution in [2.45, 2.75) is 20.3 Å². The highest BCUT2D eigenvalue weighted by molar-refractivity contribution is 9.10. The van der Waals surface area contributed by atoms with E-state index in [4.69, 9.17) is 0 Å². The molecule has 0 aliphatic carbocycles. The normalized spacial score (nSPS) is 10.7. The predicted octanol–water partition coefficient (Wildman–Crippen LogP) is 4.10. The second-order valence-electron chi connectivity index (χ2n) is 6.46. The minimum atomic E-state index is -0.501. The number of likely N-dealkylation sites (N-methyl/N-ethyl adjacent to an activating group) is 1. The van der Waals surface area contributed by atoms with Gasteiger partial charge >= 0.3 is 0 Å². The smallest absolute Gasteiger partial charge is 0.238 e. The first-order valence-electron chi connectivity index (χ1n) is 8.56. The van der Waals surface area contributed by atoms with E-state index in [1.54, 1.807) is 18.0 Å². The number of hydrogen-bond donors (Lipinski definition) is 2. The number of carbonyl (C=O) groups is 2. The second-order valence-corrected chi connectivity index (χ2v) is 7.37. The van der Waals surface area contributed by atoms with Gasteiger partial charge in [-0.05, 0) is 56.3 Å². The van der Waals surface area contributed by atoms with E-state index < -0.39 is 5.82 Å². The van der Waals surface area contributed by atoms with E-state index in [0.29, 0.717) is 11.0 Å². The van der Waals surface area contributed by atoms with E-state index in [9.17, 15) is 14.0 Å². The fraction of sp³-hybridized carbons (Fsp3) is 0.300. The highest BCUT2D eigenvalue weighted by Crippen LogP contribution is 2.20. The monoisotopic (exact) mass is 435 g/mol. The summed E-state index contributed by atoms with van der Waals surface area (Å²) in [6, 6.07) is 10.2. The lowest BCUT2D eigenvalue weighted by Crippen LogP contribution is -2.32. The van der Waals surface area contributed by atoms with E-state index in [-0.39, 0.29) is 30.5 Å². The van der Waals surface area contributed by atoms with E-state index >= 15 is 0 Å². The molecule has 0 aromatic heterocycles. The van der Waals surface area contributed by atoms with Crippen LogP contribution in [0.1, 0.15) is 17.5 Å². The summed E-state index contributed by atoms with van der Waals surface area (Å²) in [4.78, 5) is 25.9. The highest BCUT2D eigenvalue weighted by Gasteiger charge is 2.12. The number of halogens is 2. The molecule has 7 heteroatoms. The Morgan fingerprint density at radius 2 is 1.78 bits per heavy atom. The summed E-state index contributed by atoms with van der Waals surface area (Å²) in [6.07, 6.45) is 0.156. The van der Waals surface area contributed by atoms with Crippen LogP contribution < -0.4 is 10.6 Å². The lowest BCUT2D eigenvalue weighted by Gasteiger charge is -2.17. The molecule has 2 N–H and O–H groups in total. The van der Waals surface area contributed by atoms with Crippen molar-refractivity contribution in [3.05, 3.63) is 57.8 Å². The van der Waals surface area contributed by atoms with Gasteiger partial charge in [-0.15, -0.1) is 0 Å². The molecule has 144 valence electrons. The van der Waals surface area contributed by atoms with Crippen LogP contribution in [0.2, 0.25) is 0 Å². The Bertz CT molecular complexity index is 842. The van der Waals surface area contributed by atoms with Gasteiger partial charge in [-0.1, -0.05) is 28.1 Å². The Kier molecular flexibility index (Phi) is 7.50. The Morgan fingerprint density at radius 1 is 1.07 bits per heavy atom. The molecule has 2 amide bonds. The van der Waals surface area contributed by atoms with Crippen LogP contribution in [0.4, 0.5) is 15.8 Å². The maximum atomic E-state index is 13.7. The second kappa shape index (κ2) is 9.62. The highest BCUT2D eigenvalue weighted by atomic mass is 79.9. The van der Waals surface area contributed by atoms with Crippen LogP contribution in [-0.2, 0) is 9.59 Å². The average Bonchev–Trinajstić information content (AvgIpc) is 2.59. The van der Waals surface area contributed by atoms with Crippen LogP contribution in [0.25, 0.3) is 0 Å². The number of rotatable bonds is 7. The number of benzene rings is 2. The topological polar surface area (TPSA) is 61.4 Å². The summed E-state index contributed by atoms with van der Waals surface area (Å²) < 4.78 is 14.3. The number of nitrogens with one attached hydrogen (secondary N) is 2. The first kappa shape index (κ1) is 21.1. The van der Waals surface area contributed by atoms with Crippen LogP contribution >= 0.6 is 15.9 Å². The zero-order chi connectivity index (χ0) is 20.0. The molecular formula is C20H23BrFN3O2. The summed E-state index contributed by atoms with van der Waals surface area (Å²) in [7, 11) is 1.76. The molecule has 0 bridgehead atoms. The maximum absolute atomic E-state index is 13.7. The average molecular weight is 436 g/mol. The molecule has 2 aromatic rings. The predicted molar refractivity (Wildman–Crippen MR) is 109 cm³/mol. The molecule has 0 heterocycles. The number of amides is 2. The quantitative estimate of drug-likeness (QED) is 0.687. The number of nitrogens with zero attached hydrogens (tertiary/aromatic N) is 1. The number of carbonyl (C=O) groups excluding carboxylic acids is 2. The number of aryl methyl sites for hydroxylation is 1. The van der Waals surface area contributed by atoms with E-state index in [2.05, 4.69) is 26.6 Å². The van der Waals surface area contributed by atoms with Crippen LogP contribution in [0.15, 0.2) is 40.9 Å². The van der Waals surface area contributed by atoms with Crippen LogP contribution in [0.3, 0.4) is 0 Å². The van der Waals surface area contributed by atoms with Crippen molar-refractivity contribution in [2.24, 2.45) is 0 Å². The van der Waals surface area contributed by atoms with Gasteiger partial charge in [-0.2, -0.15) is 0 Å². The van der Waals surface area contributed by atoms with E-state index in [1.807, 2.05) is 32.0 Å². The Labute approximate surface area is 167 Å². The third kappa shape index (κ3) is 6.45. The van der Waals surface area contributed by atoms with Gasteiger partial charge < -0.3 is 10.6 Å². The Balaban J connectivity index is 1.79. The molecule has 0 atom stereocenters. The first-order chi connectivity index (χ1) is 12.8. The number of anilines is 2. The maximum Gasteiger partial charge on any atom is 0.238 e. The Hall–Kier alpha value is -2.25. The largest absolute Gasteiger partial charge is 0.325 e. The van der Waals surface area contributed by atoms with Crippen molar-refractivity contribution in [3.8, 4) is 0 Å². The molecule has 2 aromatic carbocycles. The van der Waals surface area contributed by atoms with Gasteiger partial charge in [0.15, 0.2) is 0 Å². The molecule has 0 fully saturated rings. The number of hydrogen-bond acceptors (Lipinski definition) is 3. The zero-order valence-electron chi connectivity index (χ0n) is 15.6. The molecule has 0 saturated carbocycles. The molecule has 27 heavy (non-hydrogen) atoms. The van der Waals surface area contributed by atoms with Gasteiger partial charge in [0.25, 0.3) is 0 Å². The minimum absolute atomic E-state index is 0.138. The molecule has 0 aliphatic rings. The van der Waals surface area contributed by atoms with E-state index in [1.165, 1.54) is 12.1 Å². The summed E-state index contributed by atoms with van der Waals surface area (Å²) >= 11 is 3.17. The lowest BCUT2D eigenvalue weighted by atomic mass is 10.1. The lowest BCUT2D eigenvalue weighted by molar-refractivity contribution is -0.119. The van der Waals surface area contributed by atoms with Gasteiger partial charge in [-0.25, -0.2) is 4.39 Å². The zero-order valence-corrected chi connectivity index (χ0v) is 17.2. The van der Waals surface area contributed by atoms with Crippen molar-refractivity contribution in [1.82, 2.24) is 4.90 Å². The van der Waals surface area contributed by atoms with Crippen molar-refractivity contribution >= 4 is 39.1 Å². The van der Waals surface area contributed by atoms with Gasteiger partial charge in [0, 0.05) is 23.1 Å². The van der Waals surface area contributed by atoms with Gasteiger partial charge in [0.05, 0.1) is 12.2 Å². The molecule has 0 radical (unpaired) electrons. The molecule has 0 spiro atoms. The summed E-state index contributed by atoms with van der Waals surface area (Å²) in [5, 5.41) is 5.42. The van der Waals surface area contributed by atoms with Crippen molar-refractivity contribution < 1.29 is 14.0 Å². The van der Waals surface area contributed by atoms with Crippen molar-refractivity contribution in [2.75, 3.05) is 30.8 Å². The van der Waals surface area contributed by atoms with Crippen molar-refractivity contribution in [3.63, 3.8) is 0 Å². The van der Waals surface area contributed by atoms with Gasteiger partial charge in [-0.3, -0.25) is 14.5 Å². The fourth-order valence-electron chi connectivity index (χ4n) is 2.50. The van der Waals surface area contributed by atoms with Crippen molar-refractivity contribution in [1.29, 1.82) is 0 Å². The SMILES string of the molecule is Cc1cccc(NC(=O)CN(C)CCC(=O)Nc2ccc(Br)cc2F)c1C. The van der Waals surface area contributed by atoms with Crippen LogP contribution in [0, 0.1) is 19.7 Å². The van der Waals surface area contributed by atoms with Gasteiger partial charge in [0.1, 0.15) is 5.82 Å². The third-order valence-corrected chi connectivity index (χ3v) is 4.71. The minimum Gasteiger partial charge on any atom is -0.325 e. The standard InChI is InChI=1S/C20H23BrFN3O2/c1-13-5-4-6-17(14(13)2)23-20(27)12-25(3)10-9-19(26)24-18-8-7-15(21)11-16(18)22/h4-8,11H,9-10,12H2,1-3H3,(H,23,27)(H,24,26). The summed E-state index contributed by atoms with van der Waals surface area (Å²) in [6.45, 7) is 4.49. The molecule has 0 unspecified atom stereocenters. The van der Waals surface area contributed by atoms with Gasteiger partial charge in [0.2, 0.25) is 11.8 Å². The summed E-state index contributed by atoms with van der Waals surface area (Å²) in [5.74, 6) is -0.956.